The lowest BCUT2D eigenvalue weighted by atomic mass is 10.1. The number of carbonyl (C=O) groups is 1. The van der Waals surface area contributed by atoms with Crippen LogP contribution in [0.2, 0.25) is 0 Å². The SMILES string of the molecule is CSc1[nH]c2c(C(F)(F)F)cc(Br)cc2c(=O)c1C(C)=O. The van der Waals surface area contributed by atoms with Crippen molar-refractivity contribution in [1.82, 2.24) is 4.98 Å². The Bertz CT molecular complexity index is 799. The highest BCUT2D eigenvalue weighted by molar-refractivity contribution is 9.10. The Morgan fingerprint density at radius 1 is 1.33 bits per heavy atom. The number of benzene rings is 1. The minimum atomic E-state index is -4.61. The number of pyridine rings is 1. The molecule has 8 heteroatoms. The van der Waals surface area contributed by atoms with Crippen LogP contribution >= 0.6 is 27.7 Å². The summed E-state index contributed by atoms with van der Waals surface area (Å²) in [6.07, 6.45) is -3.03. The number of Topliss-reactive ketones (excluding diaryl/α,β-unsaturated/α-hetero) is 1. The maximum atomic E-state index is 13.1. The predicted molar refractivity (Wildman–Crippen MR) is 79.1 cm³/mol. The topological polar surface area (TPSA) is 49.9 Å². The fourth-order valence-electron chi connectivity index (χ4n) is 2.03. The van der Waals surface area contributed by atoms with Crippen LogP contribution in [0.25, 0.3) is 10.9 Å². The van der Waals surface area contributed by atoms with Crippen molar-refractivity contribution in [1.29, 1.82) is 0 Å². The molecule has 1 N–H and O–H groups in total. The number of H-pyrrole nitrogens is 1. The van der Waals surface area contributed by atoms with Gasteiger partial charge in [0.1, 0.15) is 0 Å². The zero-order valence-electron chi connectivity index (χ0n) is 10.9. The third-order valence-electron chi connectivity index (χ3n) is 2.90. The molecule has 2 aromatic rings. The molecular formula is C13H9BrF3NO2S. The minimum absolute atomic E-state index is 0.124. The van der Waals surface area contributed by atoms with E-state index in [0.717, 1.165) is 17.8 Å². The molecule has 1 heterocycles. The number of aromatic amines is 1. The van der Waals surface area contributed by atoms with E-state index >= 15 is 0 Å². The first-order chi connectivity index (χ1) is 9.66. The van der Waals surface area contributed by atoms with Crippen molar-refractivity contribution in [3.63, 3.8) is 0 Å². The van der Waals surface area contributed by atoms with Crippen LogP contribution in [0, 0.1) is 0 Å². The molecule has 0 atom stereocenters. The number of hydrogen-bond donors (Lipinski definition) is 1. The number of hydrogen-bond acceptors (Lipinski definition) is 3. The molecule has 0 aliphatic carbocycles. The van der Waals surface area contributed by atoms with Gasteiger partial charge in [0.2, 0.25) is 5.43 Å². The number of alkyl halides is 3. The van der Waals surface area contributed by atoms with Crippen LogP contribution in [0.4, 0.5) is 13.2 Å². The average Bonchev–Trinajstić information content (AvgIpc) is 2.36. The largest absolute Gasteiger partial charge is 0.418 e. The van der Waals surface area contributed by atoms with Crippen LogP contribution in [0.3, 0.4) is 0 Å². The number of ketones is 1. The Morgan fingerprint density at radius 2 is 1.95 bits per heavy atom. The fraction of sp³-hybridized carbons (Fsp3) is 0.231. The molecule has 0 aliphatic rings. The maximum absolute atomic E-state index is 13.1. The molecule has 2 rings (SSSR count). The molecule has 0 radical (unpaired) electrons. The van der Waals surface area contributed by atoms with Gasteiger partial charge in [-0.3, -0.25) is 9.59 Å². The lowest BCUT2D eigenvalue weighted by molar-refractivity contribution is -0.136. The van der Waals surface area contributed by atoms with Crippen LogP contribution in [0.1, 0.15) is 22.8 Å². The van der Waals surface area contributed by atoms with Gasteiger partial charge in [-0.05, 0) is 25.3 Å². The van der Waals surface area contributed by atoms with E-state index in [-0.39, 0.29) is 26.0 Å². The van der Waals surface area contributed by atoms with Crippen molar-refractivity contribution in [2.45, 2.75) is 18.1 Å². The summed E-state index contributed by atoms with van der Waals surface area (Å²) >= 11 is 3.99. The van der Waals surface area contributed by atoms with E-state index in [4.69, 9.17) is 0 Å². The van der Waals surface area contributed by atoms with E-state index in [1.807, 2.05) is 0 Å². The number of nitrogens with one attached hydrogen (secondary N) is 1. The summed E-state index contributed by atoms with van der Waals surface area (Å²) in [5.41, 5.74) is -2.09. The van der Waals surface area contributed by atoms with Crippen LogP contribution in [-0.4, -0.2) is 17.0 Å². The van der Waals surface area contributed by atoms with Crippen LogP contribution in [0.15, 0.2) is 26.4 Å². The van der Waals surface area contributed by atoms with Crippen molar-refractivity contribution in [2.75, 3.05) is 6.26 Å². The van der Waals surface area contributed by atoms with Crippen molar-refractivity contribution >= 4 is 44.4 Å². The lowest BCUT2D eigenvalue weighted by Gasteiger charge is -2.13. The zero-order valence-corrected chi connectivity index (χ0v) is 13.3. The molecular weight excluding hydrogens is 371 g/mol. The van der Waals surface area contributed by atoms with Gasteiger partial charge in [0.05, 0.1) is 21.7 Å². The van der Waals surface area contributed by atoms with Gasteiger partial charge >= 0.3 is 6.18 Å². The van der Waals surface area contributed by atoms with Gasteiger partial charge in [-0.25, -0.2) is 0 Å². The van der Waals surface area contributed by atoms with Gasteiger partial charge in [0, 0.05) is 9.86 Å². The van der Waals surface area contributed by atoms with Gasteiger partial charge in [-0.1, -0.05) is 15.9 Å². The molecule has 0 amide bonds. The van der Waals surface area contributed by atoms with E-state index in [0.29, 0.717) is 0 Å². The van der Waals surface area contributed by atoms with E-state index in [2.05, 4.69) is 20.9 Å². The fourth-order valence-corrected chi connectivity index (χ4v) is 3.13. The number of halogens is 4. The molecule has 0 spiro atoms. The molecule has 0 aliphatic heterocycles. The van der Waals surface area contributed by atoms with E-state index < -0.39 is 23.0 Å². The Hall–Kier alpha value is -1.28. The Labute approximate surface area is 130 Å². The van der Waals surface area contributed by atoms with Gasteiger partial charge in [0.25, 0.3) is 0 Å². The molecule has 0 saturated carbocycles. The van der Waals surface area contributed by atoms with Gasteiger partial charge in [-0.15, -0.1) is 11.8 Å². The number of rotatable bonds is 2. The van der Waals surface area contributed by atoms with E-state index in [9.17, 15) is 22.8 Å². The zero-order chi connectivity index (χ0) is 15.9. The lowest BCUT2D eigenvalue weighted by Crippen LogP contribution is -2.18. The summed E-state index contributed by atoms with van der Waals surface area (Å²) in [4.78, 5) is 26.5. The summed E-state index contributed by atoms with van der Waals surface area (Å²) < 4.78 is 39.4. The van der Waals surface area contributed by atoms with Crippen LogP contribution in [-0.2, 0) is 6.18 Å². The van der Waals surface area contributed by atoms with Gasteiger partial charge < -0.3 is 4.98 Å². The van der Waals surface area contributed by atoms with Gasteiger partial charge in [-0.2, -0.15) is 13.2 Å². The first kappa shape index (κ1) is 16.1. The van der Waals surface area contributed by atoms with E-state index in [1.54, 1.807) is 6.26 Å². The number of carbonyl (C=O) groups excluding carboxylic acids is 1. The summed E-state index contributed by atoms with van der Waals surface area (Å²) in [6, 6.07) is 2.18. The number of thioether (sulfide) groups is 1. The van der Waals surface area contributed by atoms with Crippen LogP contribution < -0.4 is 5.43 Å². The normalized spacial score (nSPS) is 11.9. The Balaban J connectivity index is 3.04. The van der Waals surface area contributed by atoms with E-state index in [1.165, 1.54) is 13.0 Å². The third-order valence-corrected chi connectivity index (χ3v) is 4.07. The van der Waals surface area contributed by atoms with Crippen molar-refractivity contribution in [3.05, 3.63) is 38.0 Å². The summed E-state index contributed by atoms with van der Waals surface area (Å²) in [6.45, 7) is 1.21. The Morgan fingerprint density at radius 3 is 2.43 bits per heavy atom. The highest BCUT2D eigenvalue weighted by Crippen LogP contribution is 2.36. The number of aromatic nitrogens is 1. The molecule has 1 aromatic carbocycles. The van der Waals surface area contributed by atoms with Crippen molar-refractivity contribution in [2.24, 2.45) is 0 Å². The van der Waals surface area contributed by atoms with Crippen LogP contribution in [0.5, 0.6) is 0 Å². The van der Waals surface area contributed by atoms with Crippen molar-refractivity contribution < 1.29 is 18.0 Å². The molecule has 112 valence electrons. The van der Waals surface area contributed by atoms with Gasteiger partial charge in [0.15, 0.2) is 5.78 Å². The second kappa shape index (κ2) is 5.49. The summed E-state index contributed by atoms with van der Waals surface area (Å²) in [7, 11) is 0. The third kappa shape index (κ3) is 2.87. The first-order valence-electron chi connectivity index (χ1n) is 5.68. The maximum Gasteiger partial charge on any atom is 0.418 e. The first-order valence-corrected chi connectivity index (χ1v) is 7.70. The Kier molecular flexibility index (Phi) is 4.21. The highest BCUT2D eigenvalue weighted by atomic mass is 79.9. The summed E-state index contributed by atoms with van der Waals surface area (Å²) in [5, 5.41) is -0.0347. The second-order valence-electron chi connectivity index (χ2n) is 4.29. The molecule has 0 unspecified atom stereocenters. The monoisotopic (exact) mass is 379 g/mol. The smallest absolute Gasteiger partial charge is 0.348 e. The predicted octanol–water partition coefficient (Wildman–Crippen LogP) is 4.23. The van der Waals surface area contributed by atoms with Crippen molar-refractivity contribution in [3.8, 4) is 0 Å². The molecule has 1 aromatic heterocycles. The number of fused-ring (bicyclic) bond motifs is 1. The highest BCUT2D eigenvalue weighted by Gasteiger charge is 2.34. The molecule has 0 bridgehead atoms. The minimum Gasteiger partial charge on any atom is -0.348 e. The summed E-state index contributed by atoms with van der Waals surface area (Å²) in [5.74, 6) is -0.490. The average molecular weight is 380 g/mol. The standard InChI is InChI=1S/C13H9BrF3NO2S/c1-5(19)9-11(20)7-3-6(14)4-8(13(15,16)17)10(7)18-12(9)21-2/h3-4H,1-2H3,(H,18,20). The molecule has 0 saturated heterocycles. The second-order valence-corrected chi connectivity index (χ2v) is 6.02. The quantitative estimate of drug-likeness (QED) is 0.627. The molecule has 21 heavy (non-hydrogen) atoms. The molecule has 3 nitrogen and oxygen atoms in total. The molecule has 0 fully saturated rings.